The number of hydrogen-bond acceptors (Lipinski definition) is 4. The zero-order valence-corrected chi connectivity index (χ0v) is 17.6. The van der Waals surface area contributed by atoms with E-state index in [0.29, 0.717) is 12.8 Å². The molecule has 1 saturated carbocycles. The average molecular weight is 402 g/mol. The van der Waals surface area contributed by atoms with E-state index in [0.717, 1.165) is 49.2 Å². The van der Waals surface area contributed by atoms with Crippen LogP contribution < -0.4 is 10.6 Å². The lowest BCUT2D eigenvalue weighted by Gasteiger charge is -2.34. The van der Waals surface area contributed by atoms with Crippen LogP contribution in [0.5, 0.6) is 0 Å². The number of carbonyl (C=O) groups is 3. The predicted octanol–water partition coefficient (Wildman–Crippen LogP) is 3.36. The Hall–Kier alpha value is -2.31. The van der Waals surface area contributed by atoms with Gasteiger partial charge >= 0.3 is 6.03 Å². The van der Waals surface area contributed by atoms with Crippen LogP contribution in [-0.4, -0.2) is 34.8 Å². The second kappa shape index (κ2) is 7.18. The molecule has 1 saturated heterocycles. The first kappa shape index (κ1) is 20.0. The maximum absolute atomic E-state index is 12.8. The molecule has 1 aromatic rings. The van der Waals surface area contributed by atoms with Crippen molar-refractivity contribution in [1.29, 1.82) is 0 Å². The molecule has 4 amide bonds. The number of urea groups is 1. The van der Waals surface area contributed by atoms with Crippen LogP contribution in [0.3, 0.4) is 0 Å². The van der Waals surface area contributed by atoms with Crippen molar-refractivity contribution in [3.8, 4) is 0 Å². The molecule has 1 unspecified atom stereocenters. The molecule has 0 radical (unpaired) electrons. The second-order valence-electron chi connectivity index (χ2n) is 9.68. The number of hydrogen-bond donors (Lipinski definition) is 2. The molecule has 2 fully saturated rings. The van der Waals surface area contributed by atoms with Crippen LogP contribution in [0.1, 0.15) is 81.9 Å². The van der Waals surface area contributed by atoms with Gasteiger partial charge in [0.15, 0.2) is 0 Å². The van der Waals surface area contributed by atoms with E-state index in [-0.39, 0.29) is 42.3 Å². The number of furan rings is 1. The fourth-order valence-electron chi connectivity index (χ4n) is 5.17. The fourth-order valence-corrected chi connectivity index (χ4v) is 5.17. The Bertz CT molecular complexity index is 835. The van der Waals surface area contributed by atoms with Gasteiger partial charge in [-0.25, -0.2) is 4.79 Å². The molecule has 7 heteroatoms. The summed E-state index contributed by atoms with van der Waals surface area (Å²) >= 11 is 0. The summed E-state index contributed by atoms with van der Waals surface area (Å²) in [5, 5.41) is 5.99. The summed E-state index contributed by atoms with van der Waals surface area (Å²) in [7, 11) is 0. The predicted molar refractivity (Wildman–Crippen MR) is 107 cm³/mol. The Balaban J connectivity index is 1.38. The van der Waals surface area contributed by atoms with Gasteiger partial charge in [-0.05, 0) is 37.7 Å². The lowest BCUT2D eigenvalue weighted by Crippen LogP contribution is -2.48. The van der Waals surface area contributed by atoms with Gasteiger partial charge in [-0.2, -0.15) is 0 Å². The second-order valence-corrected chi connectivity index (χ2v) is 9.68. The lowest BCUT2D eigenvalue weighted by atomic mass is 9.74. The molecule has 1 aromatic heterocycles. The van der Waals surface area contributed by atoms with Crippen LogP contribution >= 0.6 is 0 Å². The van der Waals surface area contributed by atoms with Crippen LogP contribution in [0, 0.1) is 12.3 Å². The van der Waals surface area contributed by atoms with Gasteiger partial charge in [-0.15, -0.1) is 0 Å². The summed E-state index contributed by atoms with van der Waals surface area (Å²) in [6, 6.07) is 1.53. The normalized spacial score (nSPS) is 25.1. The zero-order chi connectivity index (χ0) is 20.8. The average Bonchev–Trinajstić information content (AvgIpc) is 3.10. The molecule has 0 aromatic carbocycles. The maximum Gasteiger partial charge on any atom is 0.325 e. The lowest BCUT2D eigenvalue weighted by molar-refractivity contribution is -0.132. The van der Waals surface area contributed by atoms with Crippen LogP contribution in [0.15, 0.2) is 10.5 Å². The summed E-state index contributed by atoms with van der Waals surface area (Å²) in [6.45, 7) is 6.38. The Morgan fingerprint density at radius 3 is 2.72 bits per heavy atom. The molecule has 4 rings (SSSR count). The standard InChI is InChI=1S/C22H31N3O4/c1-14-11-15-16(12-21(2,3)13-17(15)29-14)23-18(26)7-10-25-19(27)22(24-20(25)28)8-5-4-6-9-22/h11,16H,4-10,12-13H2,1-3H3,(H,23,26)(H,24,28). The number of nitrogens with zero attached hydrogens (tertiary/aromatic N) is 1. The van der Waals surface area contributed by atoms with Gasteiger partial charge in [0.25, 0.3) is 5.91 Å². The molecule has 2 aliphatic carbocycles. The first-order valence-corrected chi connectivity index (χ1v) is 10.7. The van der Waals surface area contributed by atoms with E-state index in [1.165, 1.54) is 4.90 Å². The molecular formula is C22H31N3O4. The van der Waals surface area contributed by atoms with Crippen LogP contribution in [0.25, 0.3) is 0 Å². The minimum absolute atomic E-state index is 0.0351. The third-order valence-electron chi connectivity index (χ3n) is 6.59. The molecule has 7 nitrogen and oxygen atoms in total. The summed E-state index contributed by atoms with van der Waals surface area (Å²) in [4.78, 5) is 39.1. The molecule has 1 aliphatic heterocycles. The Morgan fingerprint density at radius 2 is 2.00 bits per heavy atom. The molecule has 29 heavy (non-hydrogen) atoms. The molecule has 2 heterocycles. The van der Waals surface area contributed by atoms with E-state index in [1.807, 2.05) is 13.0 Å². The first-order chi connectivity index (χ1) is 13.7. The summed E-state index contributed by atoms with van der Waals surface area (Å²) in [5.74, 6) is 1.48. The highest BCUT2D eigenvalue weighted by Gasteiger charge is 2.51. The largest absolute Gasteiger partial charge is 0.466 e. The number of amides is 4. The molecule has 1 spiro atoms. The summed E-state index contributed by atoms with van der Waals surface area (Å²) < 4.78 is 5.83. The number of rotatable bonds is 4. The van der Waals surface area contributed by atoms with E-state index in [9.17, 15) is 14.4 Å². The fraction of sp³-hybridized carbons (Fsp3) is 0.682. The minimum atomic E-state index is -0.734. The van der Waals surface area contributed by atoms with Crippen molar-refractivity contribution in [3.63, 3.8) is 0 Å². The monoisotopic (exact) mass is 401 g/mol. The van der Waals surface area contributed by atoms with Crippen molar-refractivity contribution in [2.45, 2.75) is 83.7 Å². The van der Waals surface area contributed by atoms with Crippen molar-refractivity contribution >= 4 is 17.8 Å². The van der Waals surface area contributed by atoms with Crippen molar-refractivity contribution < 1.29 is 18.8 Å². The molecule has 3 aliphatic rings. The van der Waals surface area contributed by atoms with E-state index in [1.54, 1.807) is 0 Å². The number of aryl methyl sites for hydroxylation is 1. The van der Waals surface area contributed by atoms with E-state index in [2.05, 4.69) is 24.5 Å². The Labute approximate surface area is 171 Å². The maximum atomic E-state index is 12.8. The zero-order valence-electron chi connectivity index (χ0n) is 17.6. The molecule has 0 bridgehead atoms. The third-order valence-corrected chi connectivity index (χ3v) is 6.59. The number of imide groups is 1. The first-order valence-electron chi connectivity index (χ1n) is 10.7. The SMILES string of the molecule is Cc1cc2c(o1)CC(C)(C)CC2NC(=O)CCN1C(=O)NC2(CCCCC2)C1=O. The highest BCUT2D eigenvalue weighted by Crippen LogP contribution is 2.42. The Kier molecular flexibility index (Phi) is 4.95. The number of fused-ring (bicyclic) bond motifs is 1. The van der Waals surface area contributed by atoms with Crippen molar-refractivity contribution in [2.75, 3.05) is 6.54 Å². The molecule has 2 N–H and O–H groups in total. The van der Waals surface area contributed by atoms with Gasteiger partial charge in [-0.3, -0.25) is 14.5 Å². The van der Waals surface area contributed by atoms with E-state index in [4.69, 9.17) is 4.42 Å². The molecular weight excluding hydrogens is 370 g/mol. The van der Waals surface area contributed by atoms with E-state index >= 15 is 0 Å². The van der Waals surface area contributed by atoms with Gasteiger partial charge in [-0.1, -0.05) is 33.1 Å². The van der Waals surface area contributed by atoms with E-state index < -0.39 is 5.54 Å². The van der Waals surface area contributed by atoms with Crippen molar-refractivity contribution in [2.24, 2.45) is 5.41 Å². The van der Waals surface area contributed by atoms with Crippen molar-refractivity contribution in [1.82, 2.24) is 15.5 Å². The highest BCUT2D eigenvalue weighted by molar-refractivity contribution is 6.07. The highest BCUT2D eigenvalue weighted by atomic mass is 16.3. The van der Waals surface area contributed by atoms with Crippen LogP contribution in [-0.2, 0) is 16.0 Å². The van der Waals surface area contributed by atoms with Crippen LogP contribution in [0.4, 0.5) is 4.79 Å². The summed E-state index contributed by atoms with van der Waals surface area (Å²) in [6.07, 6.45) is 6.18. The quantitative estimate of drug-likeness (QED) is 0.757. The minimum Gasteiger partial charge on any atom is -0.466 e. The Morgan fingerprint density at radius 1 is 1.28 bits per heavy atom. The van der Waals surface area contributed by atoms with Gasteiger partial charge < -0.3 is 15.1 Å². The number of carbonyl (C=O) groups excluding carboxylic acids is 3. The molecule has 1 atom stereocenters. The van der Waals surface area contributed by atoms with Gasteiger partial charge in [0.05, 0.1) is 6.04 Å². The molecule has 158 valence electrons. The van der Waals surface area contributed by atoms with Gasteiger partial charge in [0.1, 0.15) is 17.1 Å². The van der Waals surface area contributed by atoms with Gasteiger partial charge in [0.2, 0.25) is 5.91 Å². The van der Waals surface area contributed by atoms with Gasteiger partial charge in [0, 0.05) is 24.9 Å². The van der Waals surface area contributed by atoms with Crippen LogP contribution in [0.2, 0.25) is 0 Å². The van der Waals surface area contributed by atoms with Crippen molar-refractivity contribution in [3.05, 3.63) is 23.2 Å². The summed E-state index contributed by atoms with van der Waals surface area (Å²) in [5.41, 5.74) is 0.349. The topological polar surface area (TPSA) is 91.7 Å². The smallest absolute Gasteiger partial charge is 0.325 e. The third kappa shape index (κ3) is 3.79. The number of nitrogens with one attached hydrogen (secondary N) is 2.